The van der Waals surface area contributed by atoms with Crippen molar-refractivity contribution < 1.29 is 4.79 Å². The van der Waals surface area contributed by atoms with Crippen LogP contribution in [0.4, 0.5) is 0 Å². The summed E-state index contributed by atoms with van der Waals surface area (Å²) in [5, 5.41) is 0. The van der Waals surface area contributed by atoms with E-state index in [4.69, 9.17) is 0 Å². The molecule has 0 saturated carbocycles. The van der Waals surface area contributed by atoms with E-state index >= 15 is 0 Å². The number of allylic oxidation sites excluding steroid dienone is 4. The molecular weight excluding hydrogens is 330 g/mol. The number of carbonyl (C=O) groups excluding carboxylic acids is 1. The zero-order chi connectivity index (χ0) is 20.8. The Hall–Kier alpha value is -2.35. The molecule has 0 radical (unpaired) electrons. The summed E-state index contributed by atoms with van der Waals surface area (Å²) in [6.45, 7) is 22.8. The van der Waals surface area contributed by atoms with Gasteiger partial charge in [-0.25, -0.2) is 0 Å². The van der Waals surface area contributed by atoms with E-state index in [1.165, 1.54) is 0 Å². The van der Waals surface area contributed by atoms with Gasteiger partial charge in [-0.3, -0.25) is 4.79 Å². The topological polar surface area (TPSA) is 20.3 Å². The van der Waals surface area contributed by atoms with Gasteiger partial charge in [0.2, 0.25) is 5.91 Å². The van der Waals surface area contributed by atoms with Crippen molar-refractivity contribution in [1.29, 1.82) is 0 Å². The number of carbonyl (C=O) groups is 1. The summed E-state index contributed by atoms with van der Waals surface area (Å²) in [4.78, 5) is 15.4. The summed E-state index contributed by atoms with van der Waals surface area (Å²) >= 11 is 0. The minimum absolute atomic E-state index is 0.0966. The van der Waals surface area contributed by atoms with Crippen molar-refractivity contribution in [3.05, 3.63) is 78.0 Å². The van der Waals surface area contributed by atoms with Crippen LogP contribution in [0.5, 0.6) is 0 Å². The largest absolute Gasteiger partial charge is 0.307 e. The van der Waals surface area contributed by atoms with Crippen molar-refractivity contribution in [2.45, 2.75) is 55.0 Å². The monoisotopic (exact) mass is 365 g/mol. The van der Waals surface area contributed by atoms with E-state index in [0.717, 1.165) is 22.4 Å². The number of nitrogens with zero attached hydrogens (tertiary/aromatic N) is 1. The third-order valence-electron chi connectivity index (χ3n) is 5.48. The van der Waals surface area contributed by atoms with Crippen molar-refractivity contribution in [2.75, 3.05) is 0 Å². The Kier molecular flexibility index (Phi) is 7.59. The third kappa shape index (κ3) is 4.68. The molecule has 2 nitrogen and oxygen atoms in total. The lowest BCUT2D eigenvalue weighted by atomic mass is 9.68. The molecular formula is C25H35NO. The summed E-state index contributed by atoms with van der Waals surface area (Å²) in [6.07, 6.45) is 7.62. The maximum Gasteiger partial charge on any atom is 0.233 e. The van der Waals surface area contributed by atoms with Crippen molar-refractivity contribution in [3.8, 4) is 0 Å². The second-order valence-corrected chi connectivity index (χ2v) is 8.05. The van der Waals surface area contributed by atoms with E-state index in [0.29, 0.717) is 6.54 Å². The number of amides is 1. The minimum Gasteiger partial charge on any atom is -0.307 e. The molecule has 146 valence electrons. The van der Waals surface area contributed by atoms with Crippen LogP contribution >= 0.6 is 0 Å². The number of rotatable bonds is 3. The number of benzene rings is 1. The van der Waals surface area contributed by atoms with Crippen LogP contribution in [0.2, 0.25) is 0 Å². The Morgan fingerprint density at radius 3 is 2.11 bits per heavy atom. The van der Waals surface area contributed by atoms with E-state index in [9.17, 15) is 4.79 Å². The predicted octanol–water partition coefficient (Wildman–Crippen LogP) is 6.77. The molecule has 0 atom stereocenters. The summed E-state index contributed by atoms with van der Waals surface area (Å²) in [7, 11) is 0. The summed E-state index contributed by atoms with van der Waals surface area (Å²) in [5.74, 6) is 0.0966. The molecule has 0 saturated heterocycles. The molecule has 1 aliphatic rings. The summed E-state index contributed by atoms with van der Waals surface area (Å²) in [5.41, 5.74) is 3.27. The molecule has 1 aromatic rings. The van der Waals surface area contributed by atoms with Crippen molar-refractivity contribution in [1.82, 2.24) is 4.90 Å². The van der Waals surface area contributed by atoms with Crippen LogP contribution in [0, 0.1) is 10.8 Å². The van der Waals surface area contributed by atoms with Gasteiger partial charge in [0.25, 0.3) is 0 Å². The second kappa shape index (κ2) is 9.03. The van der Waals surface area contributed by atoms with Crippen molar-refractivity contribution in [2.24, 2.45) is 10.8 Å². The quantitative estimate of drug-likeness (QED) is 0.579. The SMILES string of the molecule is C=CC1=C(\C=C)N(C(=O)C(C)(C)C(C)(C)C)Cc2ccccc2/C=C\1.CC. The van der Waals surface area contributed by atoms with Gasteiger partial charge in [-0.15, -0.1) is 0 Å². The van der Waals surface area contributed by atoms with Crippen LogP contribution in [0.15, 0.2) is 66.9 Å². The Bertz CT molecular complexity index is 757. The van der Waals surface area contributed by atoms with Gasteiger partial charge < -0.3 is 4.90 Å². The lowest BCUT2D eigenvalue weighted by Crippen LogP contribution is -2.46. The Morgan fingerprint density at radius 1 is 1.00 bits per heavy atom. The number of hydrogen-bond acceptors (Lipinski definition) is 1. The first kappa shape index (κ1) is 22.7. The summed E-state index contributed by atoms with van der Waals surface area (Å²) in [6, 6.07) is 8.17. The molecule has 2 heteroatoms. The second-order valence-electron chi connectivity index (χ2n) is 8.05. The number of fused-ring (bicyclic) bond motifs is 1. The maximum absolute atomic E-state index is 13.6. The highest BCUT2D eigenvalue weighted by molar-refractivity contribution is 5.85. The molecule has 1 aromatic carbocycles. The highest BCUT2D eigenvalue weighted by Gasteiger charge is 2.43. The lowest BCUT2D eigenvalue weighted by Gasteiger charge is -2.42. The van der Waals surface area contributed by atoms with Gasteiger partial charge in [0.15, 0.2) is 0 Å². The molecule has 0 unspecified atom stereocenters. The van der Waals surface area contributed by atoms with Gasteiger partial charge in [-0.1, -0.05) is 104 Å². The van der Waals surface area contributed by atoms with Crippen LogP contribution < -0.4 is 0 Å². The molecule has 0 N–H and O–H groups in total. The highest BCUT2D eigenvalue weighted by Crippen LogP contribution is 2.41. The van der Waals surface area contributed by atoms with Gasteiger partial charge in [0.05, 0.1) is 12.2 Å². The highest BCUT2D eigenvalue weighted by atomic mass is 16.2. The Labute approximate surface area is 166 Å². The molecule has 1 amide bonds. The first-order valence-electron chi connectivity index (χ1n) is 9.70. The Morgan fingerprint density at radius 2 is 1.59 bits per heavy atom. The molecule has 0 spiro atoms. The molecule has 1 aliphatic heterocycles. The van der Waals surface area contributed by atoms with E-state index in [1.807, 2.05) is 50.8 Å². The van der Waals surface area contributed by atoms with Crippen LogP contribution in [0.1, 0.15) is 59.6 Å². The van der Waals surface area contributed by atoms with Gasteiger partial charge in [-0.2, -0.15) is 0 Å². The summed E-state index contributed by atoms with van der Waals surface area (Å²) < 4.78 is 0. The molecule has 27 heavy (non-hydrogen) atoms. The van der Waals surface area contributed by atoms with E-state index < -0.39 is 5.41 Å². The molecule has 0 bridgehead atoms. The fraction of sp³-hybridized carbons (Fsp3) is 0.400. The maximum atomic E-state index is 13.6. The average molecular weight is 366 g/mol. The fourth-order valence-electron chi connectivity index (χ4n) is 2.76. The van der Waals surface area contributed by atoms with E-state index in [-0.39, 0.29) is 11.3 Å². The standard InChI is InChI=1S/C23H29NO.C2H6/c1-8-17-14-15-18-12-10-11-13-19(18)16-24(20(17)9-2)21(25)23(6,7)22(3,4)5;1-2/h8-15H,1-2,16H2,3-7H3;1-2H3/b15-14-,20-17-;. The predicted molar refractivity (Wildman–Crippen MR) is 118 cm³/mol. The molecule has 2 rings (SSSR count). The van der Waals surface area contributed by atoms with Crippen LogP contribution in [0.3, 0.4) is 0 Å². The molecule has 0 aromatic heterocycles. The molecule has 0 aliphatic carbocycles. The van der Waals surface area contributed by atoms with Gasteiger partial charge in [0, 0.05) is 5.41 Å². The smallest absolute Gasteiger partial charge is 0.233 e. The third-order valence-corrected chi connectivity index (χ3v) is 5.48. The van der Waals surface area contributed by atoms with Gasteiger partial charge in [-0.05, 0) is 28.2 Å². The zero-order valence-corrected chi connectivity index (χ0v) is 18.1. The number of hydrogen-bond donors (Lipinski definition) is 0. The van der Waals surface area contributed by atoms with Crippen molar-refractivity contribution >= 4 is 12.0 Å². The lowest BCUT2D eigenvalue weighted by molar-refractivity contribution is -0.144. The average Bonchev–Trinajstić information content (AvgIpc) is 2.62. The first-order chi connectivity index (χ1) is 12.6. The fourth-order valence-corrected chi connectivity index (χ4v) is 2.76. The first-order valence-corrected chi connectivity index (χ1v) is 9.70. The van der Waals surface area contributed by atoms with Crippen molar-refractivity contribution in [3.63, 3.8) is 0 Å². The van der Waals surface area contributed by atoms with Crippen LogP contribution in [-0.4, -0.2) is 10.8 Å². The normalized spacial score (nSPS) is 18.3. The van der Waals surface area contributed by atoms with E-state index in [2.05, 4.69) is 52.1 Å². The van der Waals surface area contributed by atoms with Gasteiger partial charge in [0.1, 0.15) is 0 Å². The van der Waals surface area contributed by atoms with Crippen LogP contribution in [0.25, 0.3) is 6.08 Å². The Balaban J connectivity index is 0.00000176. The van der Waals surface area contributed by atoms with Crippen LogP contribution in [-0.2, 0) is 11.3 Å². The minimum atomic E-state index is -0.522. The van der Waals surface area contributed by atoms with Gasteiger partial charge >= 0.3 is 0 Å². The molecule has 0 fully saturated rings. The van der Waals surface area contributed by atoms with E-state index in [1.54, 1.807) is 12.2 Å². The molecule has 1 heterocycles. The zero-order valence-electron chi connectivity index (χ0n) is 18.1.